The largest absolute Gasteiger partial charge is 0.407 e. The highest BCUT2D eigenvalue weighted by molar-refractivity contribution is 6.09. The predicted molar refractivity (Wildman–Crippen MR) is 99.6 cm³/mol. The van der Waals surface area contributed by atoms with E-state index >= 15 is 0 Å². The zero-order chi connectivity index (χ0) is 19.9. The lowest BCUT2D eigenvalue weighted by atomic mass is 9.71. The average Bonchev–Trinajstić information content (AvgIpc) is 2.68. The molecule has 5 nitrogen and oxygen atoms in total. The van der Waals surface area contributed by atoms with Gasteiger partial charge in [-0.3, -0.25) is 9.78 Å². The maximum atomic E-state index is 14.5. The lowest BCUT2D eigenvalue weighted by molar-refractivity contribution is -0.194. The molecule has 2 aromatic carbocycles. The fraction of sp³-hybridized carbons (Fsp3) is 0.150. The van der Waals surface area contributed by atoms with E-state index in [1.165, 1.54) is 24.4 Å². The standard InChI is InChI=1S/C20H15F3N4O/c21-20(22,23)19(15-4-1-5-16-14(15)3-2-10-25-16)11-17(26-27-18(19)28)12-6-8-13(24)9-7-12/h1-10H,11,24H2,(H,27,28)/t19-/m1/s1. The normalized spacial score (nSPS) is 20.0. The van der Waals surface area contributed by atoms with Gasteiger partial charge in [-0.1, -0.05) is 30.3 Å². The SMILES string of the molecule is Nc1ccc(C2=NNC(=O)[C@@](c3cccc4ncccc34)(C(F)(F)F)C2)cc1. The fourth-order valence-electron chi connectivity index (χ4n) is 3.50. The van der Waals surface area contributed by atoms with Crippen LogP contribution in [-0.4, -0.2) is 22.8 Å². The van der Waals surface area contributed by atoms with E-state index in [-0.39, 0.29) is 16.7 Å². The molecule has 1 aliphatic rings. The number of carbonyl (C=O) groups is 1. The lowest BCUT2D eigenvalue weighted by Crippen LogP contribution is -2.57. The third-order valence-corrected chi connectivity index (χ3v) is 4.95. The van der Waals surface area contributed by atoms with Crippen LogP contribution < -0.4 is 11.2 Å². The van der Waals surface area contributed by atoms with Gasteiger partial charge in [0.25, 0.3) is 5.91 Å². The Hall–Kier alpha value is -3.42. The van der Waals surface area contributed by atoms with Gasteiger partial charge in [-0.05, 0) is 35.4 Å². The van der Waals surface area contributed by atoms with Crippen LogP contribution in [0, 0.1) is 0 Å². The first-order valence-electron chi connectivity index (χ1n) is 8.47. The number of hydrogen-bond donors (Lipinski definition) is 2. The van der Waals surface area contributed by atoms with Gasteiger partial charge < -0.3 is 5.73 Å². The molecule has 3 N–H and O–H groups in total. The first kappa shape index (κ1) is 18.0. The molecule has 0 fully saturated rings. The van der Waals surface area contributed by atoms with Crippen molar-refractivity contribution in [3.63, 3.8) is 0 Å². The smallest absolute Gasteiger partial charge is 0.399 e. The maximum absolute atomic E-state index is 14.5. The van der Waals surface area contributed by atoms with Gasteiger partial charge in [0.05, 0.1) is 11.2 Å². The van der Waals surface area contributed by atoms with Crippen molar-refractivity contribution in [3.8, 4) is 0 Å². The fourth-order valence-corrected chi connectivity index (χ4v) is 3.50. The molecule has 28 heavy (non-hydrogen) atoms. The molecule has 2 heterocycles. The van der Waals surface area contributed by atoms with Gasteiger partial charge in [-0.15, -0.1) is 0 Å². The molecule has 0 spiro atoms. The number of halogens is 3. The van der Waals surface area contributed by atoms with Crippen molar-refractivity contribution >= 4 is 28.2 Å². The highest BCUT2D eigenvalue weighted by Crippen LogP contribution is 2.48. The number of nitrogens with one attached hydrogen (secondary N) is 1. The molecule has 0 aliphatic carbocycles. The van der Waals surface area contributed by atoms with E-state index in [1.54, 1.807) is 36.4 Å². The Morgan fingerprint density at radius 1 is 1.04 bits per heavy atom. The van der Waals surface area contributed by atoms with Gasteiger partial charge in [-0.2, -0.15) is 18.3 Å². The highest BCUT2D eigenvalue weighted by Gasteiger charge is 2.63. The molecule has 0 bridgehead atoms. The van der Waals surface area contributed by atoms with E-state index in [1.807, 2.05) is 0 Å². The summed E-state index contributed by atoms with van der Waals surface area (Å²) in [6, 6.07) is 13.8. The Morgan fingerprint density at radius 2 is 1.79 bits per heavy atom. The zero-order valence-electron chi connectivity index (χ0n) is 14.5. The number of hydrazone groups is 1. The Labute approximate surface area is 158 Å². The molecule has 3 aromatic rings. The Morgan fingerprint density at radius 3 is 2.50 bits per heavy atom. The molecule has 8 heteroatoms. The van der Waals surface area contributed by atoms with Crippen molar-refractivity contribution in [2.24, 2.45) is 5.10 Å². The second kappa shape index (κ2) is 6.33. The molecule has 1 atom stereocenters. The first-order valence-corrected chi connectivity index (χ1v) is 8.47. The molecular weight excluding hydrogens is 369 g/mol. The van der Waals surface area contributed by atoms with Crippen molar-refractivity contribution in [3.05, 3.63) is 71.9 Å². The summed E-state index contributed by atoms with van der Waals surface area (Å²) in [6.07, 6.45) is -3.98. The monoisotopic (exact) mass is 384 g/mol. The number of benzene rings is 2. The number of nitrogens with zero attached hydrogens (tertiary/aromatic N) is 2. The second-order valence-corrected chi connectivity index (χ2v) is 6.58. The Bertz CT molecular complexity index is 1090. The van der Waals surface area contributed by atoms with Crippen molar-refractivity contribution in [2.45, 2.75) is 18.0 Å². The number of alkyl halides is 3. The van der Waals surface area contributed by atoms with Crippen molar-refractivity contribution < 1.29 is 18.0 Å². The number of pyridine rings is 1. The van der Waals surface area contributed by atoms with Crippen molar-refractivity contribution in [1.82, 2.24) is 10.4 Å². The van der Waals surface area contributed by atoms with Crippen LogP contribution in [0.2, 0.25) is 0 Å². The number of rotatable bonds is 2. The summed E-state index contributed by atoms with van der Waals surface area (Å²) in [6.45, 7) is 0. The second-order valence-electron chi connectivity index (χ2n) is 6.58. The van der Waals surface area contributed by atoms with Gasteiger partial charge in [0.2, 0.25) is 0 Å². The molecule has 0 saturated heterocycles. The number of carbonyl (C=O) groups excluding carboxylic acids is 1. The van der Waals surface area contributed by atoms with Crippen LogP contribution in [0.3, 0.4) is 0 Å². The summed E-state index contributed by atoms with van der Waals surface area (Å²) < 4.78 is 43.4. The molecular formula is C20H15F3N4O. The Kier molecular flexibility index (Phi) is 4.06. The van der Waals surface area contributed by atoms with Crippen LogP contribution in [-0.2, 0) is 10.2 Å². The minimum absolute atomic E-state index is 0.123. The molecule has 142 valence electrons. The van der Waals surface area contributed by atoms with Crippen molar-refractivity contribution in [1.29, 1.82) is 0 Å². The minimum Gasteiger partial charge on any atom is -0.399 e. The zero-order valence-corrected chi connectivity index (χ0v) is 14.5. The van der Waals surface area contributed by atoms with E-state index in [9.17, 15) is 18.0 Å². The van der Waals surface area contributed by atoms with Gasteiger partial charge >= 0.3 is 6.18 Å². The van der Waals surface area contributed by atoms with Crippen molar-refractivity contribution in [2.75, 3.05) is 5.73 Å². The van der Waals surface area contributed by atoms with E-state index in [2.05, 4.69) is 15.5 Å². The number of hydrogen-bond acceptors (Lipinski definition) is 4. The molecule has 1 aromatic heterocycles. The van der Waals surface area contributed by atoms with E-state index < -0.39 is 23.9 Å². The average molecular weight is 384 g/mol. The molecule has 4 rings (SSSR count). The highest BCUT2D eigenvalue weighted by atomic mass is 19.4. The summed E-state index contributed by atoms with van der Waals surface area (Å²) in [5.74, 6) is -1.21. The third-order valence-electron chi connectivity index (χ3n) is 4.95. The van der Waals surface area contributed by atoms with Gasteiger partial charge in [0, 0.05) is 23.7 Å². The quantitative estimate of drug-likeness (QED) is 0.663. The van der Waals surface area contributed by atoms with Crippen LogP contribution in [0.15, 0.2) is 65.9 Å². The third kappa shape index (κ3) is 2.69. The topological polar surface area (TPSA) is 80.4 Å². The van der Waals surface area contributed by atoms with Crippen LogP contribution >= 0.6 is 0 Å². The van der Waals surface area contributed by atoms with Gasteiger partial charge in [0.1, 0.15) is 0 Å². The number of nitrogens with two attached hydrogens (primary N) is 1. The van der Waals surface area contributed by atoms with Crippen LogP contribution in [0.25, 0.3) is 10.9 Å². The summed E-state index contributed by atoms with van der Waals surface area (Å²) in [7, 11) is 0. The molecule has 0 radical (unpaired) electrons. The number of aromatic nitrogens is 1. The number of amides is 1. The van der Waals surface area contributed by atoms with Crippen LogP contribution in [0.1, 0.15) is 17.5 Å². The lowest BCUT2D eigenvalue weighted by Gasteiger charge is -2.37. The first-order chi connectivity index (χ1) is 13.3. The molecule has 0 saturated carbocycles. The molecule has 1 aliphatic heterocycles. The Balaban J connectivity index is 1.94. The van der Waals surface area contributed by atoms with E-state index in [0.29, 0.717) is 16.8 Å². The van der Waals surface area contributed by atoms with Crippen LogP contribution in [0.5, 0.6) is 0 Å². The van der Waals surface area contributed by atoms with Gasteiger partial charge in [0.15, 0.2) is 5.41 Å². The summed E-state index contributed by atoms with van der Waals surface area (Å²) in [5, 5.41) is 4.16. The molecule has 1 amide bonds. The summed E-state index contributed by atoms with van der Waals surface area (Å²) in [4.78, 5) is 16.8. The van der Waals surface area contributed by atoms with E-state index in [4.69, 9.17) is 5.73 Å². The van der Waals surface area contributed by atoms with Gasteiger partial charge in [-0.25, -0.2) is 5.43 Å². The van der Waals surface area contributed by atoms with E-state index in [0.717, 1.165) is 0 Å². The minimum atomic E-state index is -4.85. The molecule has 0 unspecified atom stereocenters. The number of anilines is 1. The maximum Gasteiger partial charge on any atom is 0.407 e. The number of nitrogen functional groups attached to an aromatic ring is 1. The summed E-state index contributed by atoms with van der Waals surface area (Å²) >= 11 is 0. The van der Waals surface area contributed by atoms with Crippen LogP contribution in [0.4, 0.5) is 18.9 Å². The predicted octanol–water partition coefficient (Wildman–Crippen LogP) is 3.54. The number of fused-ring (bicyclic) bond motifs is 1. The summed E-state index contributed by atoms with van der Waals surface area (Å²) in [5.41, 5.74) is 6.25.